The van der Waals surface area contributed by atoms with Gasteiger partial charge in [0.15, 0.2) is 5.82 Å². The maximum atomic E-state index is 12.7. The van der Waals surface area contributed by atoms with Crippen LogP contribution in [0.15, 0.2) is 58.6 Å². The summed E-state index contributed by atoms with van der Waals surface area (Å²) in [5, 5.41) is 7.60. The number of para-hydroxylation sites is 1. The topological polar surface area (TPSA) is 77.3 Å². The number of rotatable bonds is 5. The molecule has 4 rings (SSSR count). The van der Waals surface area contributed by atoms with Gasteiger partial charge in [-0.05, 0) is 48.4 Å². The molecule has 31 heavy (non-hydrogen) atoms. The number of halogens is 1. The van der Waals surface area contributed by atoms with Crippen molar-refractivity contribution in [2.24, 2.45) is 0 Å². The molecular weight excluding hydrogens is 414 g/mol. The largest absolute Gasteiger partial charge is 0.488 e. The van der Waals surface area contributed by atoms with Gasteiger partial charge in [0.05, 0.1) is 11.3 Å². The summed E-state index contributed by atoms with van der Waals surface area (Å²) in [6, 6.07) is 11.1. The predicted molar refractivity (Wildman–Crippen MR) is 121 cm³/mol. The quantitative estimate of drug-likeness (QED) is 0.513. The maximum Gasteiger partial charge on any atom is 0.260 e. The Morgan fingerprint density at radius 2 is 2.10 bits per heavy atom. The minimum atomic E-state index is -0.267. The summed E-state index contributed by atoms with van der Waals surface area (Å²) in [7, 11) is 0. The minimum absolute atomic E-state index is 0.147. The highest BCUT2D eigenvalue weighted by atomic mass is 35.5. The molecule has 1 N–H and O–H groups in total. The van der Waals surface area contributed by atoms with E-state index in [9.17, 15) is 4.79 Å². The van der Waals surface area contributed by atoms with Crippen LogP contribution in [-0.2, 0) is 4.79 Å². The van der Waals surface area contributed by atoms with Crippen molar-refractivity contribution in [1.82, 2.24) is 10.1 Å². The maximum absolute atomic E-state index is 12.7. The Morgan fingerprint density at radius 1 is 1.26 bits per heavy atom. The molecule has 0 atom stereocenters. The molecule has 2 heterocycles. The summed E-state index contributed by atoms with van der Waals surface area (Å²) >= 11 is 6.06. The molecule has 0 aliphatic carbocycles. The molecule has 158 valence electrons. The summed E-state index contributed by atoms with van der Waals surface area (Å²) in [5.74, 6) is 1.66. The van der Waals surface area contributed by atoms with Gasteiger partial charge in [0.2, 0.25) is 5.91 Å². The van der Waals surface area contributed by atoms with E-state index in [2.05, 4.69) is 15.5 Å². The van der Waals surface area contributed by atoms with Crippen molar-refractivity contribution in [3.05, 3.63) is 76.1 Å². The van der Waals surface area contributed by atoms with Crippen molar-refractivity contribution in [2.45, 2.75) is 26.7 Å². The average Bonchev–Trinajstić information content (AvgIpc) is 3.24. The summed E-state index contributed by atoms with van der Waals surface area (Å²) in [5.41, 5.74) is 3.98. The number of hydrogen-bond donors (Lipinski definition) is 1. The number of carbonyl (C=O) groups is 1. The Bertz CT molecular complexity index is 1190. The van der Waals surface area contributed by atoms with Crippen molar-refractivity contribution in [3.63, 3.8) is 0 Å². The fraction of sp³-hybridized carbons (Fsp3) is 0.208. The van der Waals surface area contributed by atoms with Crippen molar-refractivity contribution < 1.29 is 14.1 Å². The molecule has 1 aromatic heterocycles. The molecular formula is C24H22ClN3O3. The molecule has 0 bridgehead atoms. The van der Waals surface area contributed by atoms with Gasteiger partial charge in [0, 0.05) is 22.6 Å². The fourth-order valence-electron chi connectivity index (χ4n) is 3.20. The van der Waals surface area contributed by atoms with Crippen molar-refractivity contribution in [2.75, 3.05) is 11.9 Å². The second-order valence-corrected chi connectivity index (χ2v) is 8.06. The number of anilines is 1. The van der Waals surface area contributed by atoms with Gasteiger partial charge >= 0.3 is 0 Å². The normalized spacial score (nSPS) is 13.1. The summed E-state index contributed by atoms with van der Waals surface area (Å²) < 4.78 is 11.1. The number of aryl methyl sites for hydroxylation is 1. The first-order chi connectivity index (χ1) is 14.9. The first-order valence-corrected chi connectivity index (χ1v) is 10.3. The molecule has 0 saturated heterocycles. The second-order valence-electron chi connectivity index (χ2n) is 7.62. The van der Waals surface area contributed by atoms with Crippen molar-refractivity contribution >= 4 is 29.3 Å². The zero-order valence-corrected chi connectivity index (χ0v) is 18.2. The van der Waals surface area contributed by atoms with Crippen LogP contribution >= 0.6 is 11.6 Å². The van der Waals surface area contributed by atoms with Crippen LogP contribution in [0.5, 0.6) is 5.75 Å². The molecule has 0 fully saturated rings. The molecule has 1 aliphatic heterocycles. The van der Waals surface area contributed by atoms with Crippen molar-refractivity contribution in [1.29, 1.82) is 0 Å². The summed E-state index contributed by atoms with van der Waals surface area (Å²) in [6.07, 6.45) is 5.18. The van der Waals surface area contributed by atoms with Crippen LogP contribution in [0.1, 0.15) is 36.7 Å². The first kappa shape index (κ1) is 20.9. The lowest BCUT2D eigenvalue weighted by atomic mass is 10.1. The van der Waals surface area contributed by atoms with E-state index in [4.69, 9.17) is 20.9 Å². The third-order valence-corrected chi connectivity index (χ3v) is 5.10. The van der Waals surface area contributed by atoms with E-state index in [0.29, 0.717) is 34.6 Å². The predicted octanol–water partition coefficient (Wildman–Crippen LogP) is 5.79. The van der Waals surface area contributed by atoms with Crippen LogP contribution in [0.4, 0.5) is 5.69 Å². The number of carbonyl (C=O) groups excluding carboxylic acids is 1. The molecule has 2 aromatic carbocycles. The van der Waals surface area contributed by atoms with Crippen LogP contribution < -0.4 is 10.1 Å². The lowest BCUT2D eigenvalue weighted by Crippen LogP contribution is -2.11. The Hall–Kier alpha value is -3.38. The van der Waals surface area contributed by atoms with Gasteiger partial charge in [-0.3, -0.25) is 4.79 Å². The first-order valence-electron chi connectivity index (χ1n) is 9.96. The lowest BCUT2D eigenvalue weighted by molar-refractivity contribution is -0.111. The smallest absolute Gasteiger partial charge is 0.260 e. The van der Waals surface area contributed by atoms with E-state index in [1.54, 1.807) is 12.1 Å². The molecule has 3 aromatic rings. The monoisotopic (exact) mass is 435 g/mol. The van der Waals surface area contributed by atoms with E-state index in [1.807, 2.05) is 57.2 Å². The van der Waals surface area contributed by atoms with Crippen LogP contribution in [0.3, 0.4) is 0 Å². The highest BCUT2D eigenvalue weighted by molar-refractivity contribution is 6.30. The number of amides is 1. The van der Waals surface area contributed by atoms with E-state index in [1.165, 1.54) is 6.08 Å². The SMILES string of the molecule is Cc1cccc(-c2nc(C(C)C)no2)c1NC(=O)/C=C/C1=Cc2cc(Cl)ccc2OC1. The number of hydrogen-bond acceptors (Lipinski definition) is 5. The zero-order valence-electron chi connectivity index (χ0n) is 17.5. The van der Waals surface area contributed by atoms with E-state index in [0.717, 1.165) is 22.4 Å². The lowest BCUT2D eigenvalue weighted by Gasteiger charge is -2.16. The second kappa shape index (κ2) is 8.78. The number of nitrogens with one attached hydrogen (secondary N) is 1. The Balaban J connectivity index is 1.54. The molecule has 1 amide bonds. The van der Waals surface area contributed by atoms with Gasteiger partial charge in [-0.15, -0.1) is 0 Å². The molecule has 6 nitrogen and oxygen atoms in total. The average molecular weight is 436 g/mol. The van der Waals surface area contributed by atoms with Gasteiger partial charge in [0.25, 0.3) is 5.89 Å². The molecule has 0 saturated carbocycles. The van der Waals surface area contributed by atoms with Crippen molar-refractivity contribution in [3.8, 4) is 17.2 Å². The van der Waals surface area contributed by atoms with Gasteiger partial charge in [0.1, 0.15) is 12.4 Å². The molecule has 0 unspecified atom stereocenters. The van der Waals surface area contributed by atoms with Crippen LogP contribution in [0.2, 0.25) is 5.02 Å². The molecule has 0 spiro atoms. The zero-order chi connectivity index (χ0) is 22.0. The Morgan fingerprint density at radius 3 is 2.87 bits per heavy atom. The summed E-state index contributed by atoms with van der Waals surface area (Å²) in [4.78, 5) is 17.1. The number of benzene rings is 2. The minimum Gasteiger partial charge on any atom is -0.488 e. The van der Waals surface area contributed by atoms with Gasteiger partial charge in [-0.1, -0.05) is 48.8 Å². The molecule has 7 heteroatoms. The van der Waals surface area contributed by atoms with E-state index >= 15 is 0 Å². The fourth-order valence-corrected chi connectivity index (χ4v) is 3.38. The standard InChI is InChI=1S/C24H22ClN3O3/c1-14(2)23-27-24(31-28-23)19-6-4-5-15(3)22(19)26-21(29)10-7-16-11-17-12-18(25)8-9-20(17)30-13-16/h4-12,14H,13H2,1-3H3,(H,26,29)/b10-7+. The van der Waals surface area contributed by atoms with Gasteiger partial charge in [-0.25, -0.2) is 0 Å². The van der Waals surface area contributed by atoms with E-state index < -0.39 is 0 Å². The number of ether oxygens (including phenoxy) is 1. The molecule has 1 aliphatic rings. The van der Waals surface area contributed by atoms with Gasteiger partial charge in [-0.2, -0.15) is 4.98 Å². The Labute approximate surface area is 185 Å². The number of aromatic nitrogens is 2. The summed E-state index contributed by atoms with van der Waals surface area (Å²) in [6.45, 7) is 6.29. The molecule has 0 radical (unpaired) electrons. The Kier molecular flexibility index (Phi) is 5.91. The van der Waals surface area contributed by atoms with Crippen LogP contribution in [0.25, 0.3) is 17.5 Å². The number of fused-ring (bicyclic) bond motifs is 1. The highest BCUT2D eigenvalue weighted by Gasteiger charge is 2.17. The van der Waals surface area contributed by atoms with Crippen LogP contribution in [-0.4, -0.2) is 22.7 Å². The third-order valence-electron chi connectivity index (χ3n) is 4.87. The van der Waals surface area contributed by atoms with Gasteiger partial charge < -0.3 is 14.6 Å². The highest BCUT2D eigenvalue weighted by Crippen LogP contribution is 2.31. The van der Waals surface area contributed by atoms with E-state index in [-0.39, 0.29) is 11.8 Å². The number of nitrogens with zero attached hydrogens (tertiary/aromatic N) is 2. The third kappa shape index (κ3) is 4.70. The van der Waals surface area contributed by atoms with Crippen LogP contribution in [0, 0.1) is 6.92 Å².